The summed E-state index contributed by atoms with van der Waals surface area (Å²) in [7, 11) is 0. The molecule has 0 saturated heterocycles. The monoisotopic (exact) mass is 513 g/mol. The van der Waals surface area contributed by atoms with Crippen LogP contribution in [0.1, 0.15) is 48.1 Å². The van der Waals surface area contributed by atoms with Gasteiger partial charge in [0.15, 0.2) is 5.58 Å². The van der Waals surface area contributed by atoms with Gasteiger partial charge in [-0.3, -0.25) is 14.8 Å². The van der Waals surface area contributed by atoms with Crippen LogP contribution in [0.2, 0.25) is 0 Å². The second-order valence-electron chi connectivity index (χ2n) is 9.96. The number of rotatable bonds is 6. The maximum Gasteiger partial charge on any atom is 0.417 e. The number of aromatic nitrogens is 1. The van der Waals surface area contributed by atoms with Gasteiger partial charge in [-0.15, -0.1) is 0 Å². The summed E-state index contributed by atoms with van der Waals surface area (Å²) in [5.41, 5.74) is 5.78. The van der Waals surface area contributed by atoms with Crippen LogP contribution >= 0.6 is 0 Å². The van der Waals surface area contributed by atoms with Gasteiger partial charge in [0.1, 0.15) is 0 Å². The van der Waals surface area contributed by atoms with E-state index in [4.69, 9.17) is 4.42 Å². The molecule has 0 bridgehead atoms. The van der Waals surface area contributed by atoms with E-state index < -0.39 is 30.2 Å². The van der Waals surface area contributed by atoms with Gasteiger partial charge in [0.25, 0.3) is 11.8 Å². The number of nitrogens with one attached hydrogen (secondary N) is 1. The highest BCUT2D eigenvalue weighted by atomic mass is 19.3. The fourth-order valence-electron chi connectivity index (χ4n) is 5.50. The molecule has 6 rings (SSSR count). The molecule has 2 aliphatic rings. The van der Waals surface area contributed by atoms with E-state index in [9.17, 15) is 18.4 Å². The maximum absolute atomic E-state index is 14.3. The van der Waals surface area contributed by atoms with Crippen LogP contribution in [0.5, 0.6) is 0 Å². The van der Waals surface area contributed by atoms with Gasteiger partial charge in [-0.2, -0.15) is 0 Å². The third-order valence-corrected chi connectivity index (χ3v) is 7.28. The predicted molar refractivity (Wildman–Crippen MR) is 141 cm³/mol. The van der Waals surface area contributed by atoms with Crippen molar-refractivity contribution in [1.82, 2.24) is 9.88 Å². The number of hydrogen-bond donors (Lipinski definition) is 1. The molecule has 1 amide bonds. The number of hydrogen-bond acceptors (Lipinski definition) is 4. The SMILES string of the molecule is CC(c1ccccc1)c1ccc(C2C3=C(CN=C3c3cccc4[nH]c(=O)oc34)C(=O)N2CC(C)(F)F)cc1. The molecule has 0 saturated carbocycles. The van der Waals surface area contributed by atoms with E-state index in [-0.39, 0.29) is 12.5 Å². The molecule has 4 aromatic rings. The normalized spacial score (nSPS) is 18.3. The van der Waals surface area contributed by atoms with Crippen LogP contribution in [0.4, 0.5) is 8.78 Å². The number of H-pyrrole nitrogens is 1. The van der Waals surface area contributed by atoms with Crippen molar-refractivity contribution in [3.8, 4) is 0 Å². The number of benzene rings is 3. The zero-order chi connectivity index (χ0) is 26.6. The Morgan fingerprint density at radius 3 is 2.45 bits per heavy atom. The van der Waals surface area contributed by atoms with Gasteiger partial charge >= 0.3 is 5.76 Å². The fraction of sp³-hybridized carbons (Fsp3) is 0.233. The summed E-state index contributed by atoms with van der Waals surface area (Å²) in [6.07, 6.45) is 0. The van der Waals surface area contributed by atoms with Crippen LogP contribution in [0.15, 0.2) is 98.1 Å². The largest absolute Gasteiger partial charge is 0.417 e. The molecular formula is C30H25F2N3O3. The van der Waals surface area contributed by atoms with E-state index in [2.05, 4.69) is 29.0 Å². The van der Waals surface area contributed by atoms with Crippen molar-refractivity contribution in [2.24, 2.45) is 4.99 Å². The Hall–Kier alpha value is -4.33. The van der Waals surface area contributed by atoms with Crippen molar-refractivity contribution in [2.45, 2.75) is 31.7 Å². The first-order valence-corrected chi connectivity index (χ1v) is 12.4. The third-order valence-electron chi connectivity index (χ3n) is 7.28. The Morgan fingerprint density at radius 2 is 1.74 bits per heavy atom. The number of carbonyl (C=O) groups is 1. The molecule has 0 fully saturated rings. The Labute approximate surface area is 217 Å². The van der Waals surface area contributed by atoms with Crippen LogP contribution in [-0.4, -0.2) is 40.5 Å². The van der Waals surface area contributed by atoms with E-state index in [1.807, 2.05) is 42.5 Å². The average Bonchev–Trinajstić information content (AvgIpc) is 3.57. The summed E-state index contributed by atoms with van der Waals surface area (Å²) in [5.74, 6) is -4.00. The van der Waals surface area contributed by atoms with Gasteiger partial charge in [-0.25, -0.2) is 13.6 Å². The van der Waals surface area contributed by atoms with Gasteiger partial charge in [-0.05, 0) is 28.8 Å². The minimum absolute atomic E-state index is 0.0833. The van der Waals surface area contributed by atoms with Crippen LogP contribution in [-0.2, 0) is 4.79 Å². The Kier molecular flexibility index (Phi) is 5.63. The maximum atomic E-state index is 14.3. The number of carbonyl (C=O) groups excluding carboxylic acids is 1. The summed E-state index contributed by atoms with van der Waals surface area (Å²) < 4.78 is 34.0. The molecule has 1 N–H and O–H groups in total. The lowest BCUT2D eigenvalue weighted by molar-refractivity contribution is -0.132. The van der Waals surface area contributed by atoms with Crippen molar-refractivity contribution in [3.63, 3.8) is 0 Å². The number of alkyl halides is 2. The smallest absolute Gasteiger partial charge is 0.407 e. The first-order chi connectivity index (χ1) is 18.2. The summed E-state index contributed by atoms with van der Waals surface area (Å²) in [5, 5.41) is 0. The molecule has 2 aliphatic heterocycles. The number of nitrogens with zero attached hydrogens (tertiary/aromatic N) is 2. The second-order valence-corrected chi connectivity index (χ2v) is 9.96. The summed E-state index contributed by atoms with van der Waals surface area (Å²) >= 11 is 0. The molecule has 8 heteroatoms. The van der Waals surface area contributed by atoms with Gasteiger partial charge < -0.3 is 9.32 Å². The zero-order valence-electron chi connectivity index (χ0n) is 20.9. The number of para-hydroxylation sites is 1. The standard InChI is InChI=1S/C30H25F2N3O3/c1-17(18-7-4-3-5-8-18)19-11-13-20(14-12-19)26-24-22(28(36)35(26)16-30(2,31)32)15-33-25(24)21-9-6-10-23-27(21)38-29(37)34-23/h3-14,17,26H,15-16H2,1-2H3,(H,34,37). The molecule has 2 atom stereocenters. The Balaban J connectivity index is 1.43. The summed E-state index contributed by atoms with van der Waals surface area (Å²) in [4.78, 5) is 33.8. The molecule has 0 radical (unpaired) electrons. The van der Waals surface area contributed by atoms with Crippen LogP contribution in [0.25, 0.3) is 11.1 Å². The van der Waals surface area contributed by atoms with Crippen LogP contribution in [0.3, 0.4) is 0 Å². The topological polar surface area (TPSA) is 78.7 Å². The zero-order valence-corrected chi connectivity index (χ0v) is 20.9. The minimum atomic E-state index is -3.08. The number of halogens is 2. The van der Waals surface area contributed by atoms with Gasteiger partial charge in [0.05, 0.1) is 30.4 Å². The molecule has 38 heavy (non-hydrogen) atoms. The first kappa shape index (κ1) is 24.0. The molecule has 2 unspecified atom stereocenters. The summed E-state index contributed by atoms with van der Waals surface area (Å²) in [6.45, 7) is 2.29. The minimum Gasteiger partial charge on any atom is -0.407 e. The quantitative estimate of drug-likeness (QED) is 0.364. The lowest BCUT2D eigenvalue weighted by Gasteiger charge is -2.30. The predicted octanol–water partition coefficient (Wildman–Crippen LogP) is 5.61. The van der Waals surface area contributed by atoms with Crippen LogP contribution < -0.4 is 5.76 Å². The third kappa shape index (κ3) is 4.06. The lowest BCUT2D eigenvalue weighted by Crippen LogP contribution is -2.40. The Bertz CT molecular complexity index is 1660. The average molecular weight is 514 g/mol. The number of oxazole rings is 1. The van der Waals surface area contributed by atoms with Crippen molar-refractivity contribution in [2.75, 3.05) is 13.1 Å². The molecule has 3 heterocycles. The highest BCUT2D eigenvalue weighted by molar-refractivity contribution is 6.25. The van der Waals surface area contributed by atoms with Crippen molar-refractivity contribution < 1.29 is 18.0 Å². The number of aliphatic imine (C=N–C) groups is 1. The molecule has 0 aliphatic carbocycles. The number of amides is 1. The van der Waals surface area contributed by atoms with E-state index in [0.717, 1.165) is 12.5 Å². The first-order valence-electron chi connectivity index (χ1n) is 12.4. The molecule has 3 aromatic carbocycles. The van der Waals surface area contributed by atoms with Crippen molar-refractivity contribution in [1.29, 1.82) is 0 Å². The molecular weight excluding hydrogens is 488 g/mol. The number of fused-ring (bicyclic) bond motifs is 1. The van der Waals surface area contributed by atoms with Gasteiger partial charge in [-0.1, -0.05) is 67.6 Å². The highest BCUT2D eigenvalue weighted by Gasteiger charge is 2.47. The molecule has 192 valence electrons. The summed E-state index contributed by atoms with van der Waals surface area (Å²) in [6, 6.07) is 22.3. The fourth-order valence-corrected chi connectivity index (χ4v) is 5.50. The van der Waals surface area contributed by atoms with E-state index in [1.54, 1.807) is 18.2 Å². The van der Waals surface area contributed by atoms with Crippen molar-refractivity contribution in [3.05, 3.63) is 117 Å². The Morgan fingerprint density at radius 1 is 1.03 bits per heavy atom. The second kappa shape index (κ2) is 8.90. The van der Waals surface area contributed by atoms with E-state index >= 15 is 0 Å². The van der Waals surface area contributed by atoms with Crippen molar-refractivity contribution >= 4 is 22.7 Å². The highest BCUT2D eigenvalue weighted by Crippen LogP contribution is 2.44. The van der Waals surface area contributed by atoms with Crippen LogP contribution in [0, 0.1) is 0 Å². The molecule has 0 spiro atoms. The molecule has 6 nitrogen and oxygen atoms in total. The molecule has 1 aromatic heterocycles. The van der Waals surface area contributed by atoms with Gasteiger partial charge in [0, 0.05) is 29.6 Å². The van der Waals surface area contributed by atoms with Gasteiger partial charge in [0.2, 0.25) is 0 Å². The van der Waals surface area contributed by atoms with E-state index in [1.165, 1.54) is 10.5 Å². The lowest BCUT2D eigenvalue weighted by atomic mass is 9.88. The number of aromatic amines is 1. The van der Waals surface area contributed by atoms with E-state index in [0.29, 0.717) is 39.1 Å².